The number of aryl methyl sites for hydroxylation is 1. The standard InChI is InChI=1S/C8H8N2.C4H10.C2H6/c1-10-6-4-7-3-2-5-9-8(7)10;1-4(2)3;1-2/h2-6H,1H3;4H,1-3H3;1-2H3. The molecule has 2 aromatic heterocycles. The highest BCUT2D eigenvalue weighted by molar-refractivity contribution is 5.75. The summed E-state index contributed by atoms with van der Waals surface area (Å²) >= 11 is 0. The fraction of sp³-hybridized carbons (Fsp3) is 0.500. The van der Waals surface area contributed by atoms with Crippen molar-refractivity contribution in [1.29, 1.82) is 0 Å². The lowest BCUT2D eigenvalue weighted by atomic mass is 10.3. The Kier molecular flexibility index (Phi) is 7.27. The van der Waals surface area contributed by atoms with Crippen molar-refractivity contribution in [2.24, 2.45) is 13.0 Å². The van der Waals surface area contributed by atoms with Crippen LogP contribution in [0.5, 0.6) is 0 Å². The molecule has 2 rings (SSSR count). The number of fused-ring (bicyclic) bond motifs is 1. The van der Waals surface area contributed by atoms with Crippen molar-refractivity contribution in [1.82, 2.24) is 9.55 Å². The Balaban J connectivity index is 0.000000323. The molecular weight excluding hydrogens is 196 g/mol. The van der Waals surface area contributed by atoms with Crippen molar-refractivity contribution in [2.75, 3.05) is 0 Å². The first kappa shape index (κ1) is 14.7. The van der Waals surface area contributed by atoms with Crippen LogP contribution in [0.25, 0.3) is 11.0 Å². The minimum Gasteiger partial charge on any atom is -0.336 e. The van der Waals surface area contributed by atoms with Crippen LogP contribution in [0.3, 0.4) is 0 Å². The molecule has 0 radical (unpaired) electrons. The topological polar surface area (TPSA) is 17.8 Å². The number of hydrogen-bond acceptors (Lipinski definition) is 1. The number of nitrogens with zero attached hydrogens (tertiary/aromatic N) is 2. The van der Waals surface area contributed by atoms with Crippen LogP contribution in [0.15, 0.2) is 30.6 Å². The molecule has 0 aliphatic carbocycles. The number of aromatic nitrogens is 2. The SMILES string of the molecule is CC.CC(C)C.Cn1ccc2cccnc21. The summed E-state index contributed by atoms with van der Waals surface area (Å²) in [7, 11) is 2.00. The van der Waals surface area contributed by atoms with Crippen LogP contribution in [0.4, 0.5) is 0 Å². The zero-order valence-corrected chi connectivity index (χ0v) is 11.4. The van der Waals surface area contributed by atoms with Gasteiger partial charge in [0.05, 0.1) is 0 Å². The smallest absolute Gasteiger partial charge is 0.139 e. The average Bonchev–Trinajstić information content (AvgIpc) is 2.64. The van der Waals surface area contributed by atoms with Crippen LogP contribution in [0.2, 0.25) is 0 Å². The number of pyridine rings is 1. The molecule has 0 saturated heterocycles. The van der Waals surface area contributed by atoms with Crippen LogP contribution >= 0.6 is 0 Å². The summed E-state index contributed by atoms with van der Waals surface area (Å²) < 4.78 is 2.01. The zero-order chi connectivity index (χ0) is 12.6. The first-order valence-corrected chi connectivity index (χ1v) is 5.97. The quantitative estimate of drug-likeness (QED) is 0.648. The van der Waals surface area contributed by atoms with E-state index in [9.17, 15) is 0 Å². The second-order valence-electron chi connectivity index (χ2n) is 4.07. The molecule has 0 aliphatic heterocycles. The summed E-state index contributed by atoms with van der Waals surface area (Å²) in [5.41, 5.74) is 1.04. The van der Waals surface area contributed by atoms with Gasteiger partial charge in [-0.25, -0.2) is 4.98 Å². The Hall–Kier alpha value is -1.31. The lowest BCUT2D eigenvalue weighted by Crippen LogP contribution is -1.85. The van der Waals surface area contributed by atoms with E-state index < -0.39 is 0 Å². The lowest BCUT2D eigenvalue weighted by Gasteiger charge is -1.91. The average molecular weight is 220 g/mol. The van der Waals surface area contributed by atoms with Crippen molar-refractivity contribution in [3.8, 4) is 0 Å². The molecule has 2 heterocycles. The summed E-state index contributed by atoms with van der Waals surface area (Å²) in [6.45, 7) is 10.5. The van der Waals surface area contributed by atoms with E-state index in [2.05, 4.69) is 37.9 Å². The minimum absolute atomic E-state index is 0.833. The van der Waals surface area contributed by atoms with Crippen LogP contribution in [-0.4, -0.2) is 9.55 Å². The fourth-order valence-electron chi connectivity index (χ4n) is 1.10. The van der Waals surface area contributed by atoms with Gasteiger partial charge in [0.2, 0.25) is 0 Å². The van der Waals surface area contributed by atoms with Gasteiger partial charge in [0.15, 0.2) is 0 Å². The van der Waals surface area contributed by atoms with Gasteiger partial charge in [-0.3, -0.25) is 0 Å². The highest BCUT2D eigenvalue weighted by atomic mass is 15.0. The minimum atomic E-state index is 0.833. The highest BCUT2D eigenvalue weighted by Gasteiger charge is 1.93. The summed E-state index contributed by atoms with van der Waals surface area (Å²) in [5.74, 6) is 0.833. The second-order valence-corrected chi connectivity index (χ2v) is 4.07. The molecule has 0 atom stereocenters. The van der Waals surface area contributed by atoms with Gasteiger partial charge in [-0.1, -0.05) is 34.6 Å². The predicted octanol–water partition coefficient (Wildman–Crippen LogP) is 4.26. The Morgan fingerprint density at radius 2 is 1.69 bits per heavy atom. The third-order valence-corrected chi connectivity index (χ3v) is 1.63. The van der Waals surface area contributed by atoms with E-state index in [1.54, 1.807) is 0 Å². The summed E-state index contributed by atoms with van der Waals surface area (Å²) in [4.78, 5) is 4.20. The molecular formula is C14H24N2. The Morgan fingerprint density at radius 1 is 1.12 bits per heavy atom. The van der Waals surface area contributed by atoms with Crippen molar-refractivity contribution < 1.29 is 0 Å². The maximum atomic E-state index is 4.20. The van der Waals surface area contributed by atoms with Crippen molar-refractivity contribution >= 4 is 11.0 Å². The molecule has 2 nitrogen and oxygen atoms in total. The fourth-order valence-corrected chi connectivity index (χ4v) is 1.10. The predicted molar refractivity (Wildman–Crippen MR) is 72.6 cm³/mol. The third-order valence-electron chi connectivity index (χ3n) is 1.63. The molecule has 0 unspecified atom stereocenters. The van der Waals surface area contributed by atoms with E-state index in [0.717, 1.165) is 11.6 Å². The molecule has 0 aromatic carbocycles. The third kappa shape index (κ3) is 4.96. The molecule has 0 bridgehead atoms. The molecule has 0 N–H and O–H groups in total. The molecule has 90 valence electrons. The van der Waals surface area contributed by atoms with Gasteiger partial charge >= 0.3 is 0 Å². The van der Waals surface area contributed by atoms with Crippen LogP contribution < -0.4 is 0 Å². The maximum absolute atomic E-state index is 4.20. The van der Waals surface area contributed by atoms with E-state index in [0.29, 0.717) is 0 Å². The maximum Gasteiger partial charge on any atom is 0.139 e. The van der Waals surface area contributed by atoms with Gasteiger partial charge in [0, 0.05) is 24.8 Å². The lowest BCUT2D eigenvalue weighted by molar-refractivity contribution is 0.737. The molecule has 2 aromatic rings. The van der Waals surface area contributed by atoms with E-state index in [1.807, 2.05) is 43.9 Å². The van der Waals surface area contributed by atoms with Gasteiger partial charge in [-0.05, 0) is 24.1 Å². The van der Waals surface area contributed by atoms with Crippen LogP contribution in [-0.2, 0) is 7.05 Å². The summed E-state index contributed by atoms with van der Waals surface area (Å²) in [6.07, 6.45) is 3.82. The zero-order valence-electron chi connectivity index (χ0n) is 11.4. The van der Waals surface area contributed by atoms with Gasteiger partial charge < -0.3 is 4.57 Å². The monoisotopic (exact) mass is 220 g/mol. The first-order valence-electron chi connectivity index (χ1n) is 5.97. The summed E-state index contributed by atoms with van der Waals surface area (Å²) in [6, 6.07) is 6.06. The van der Waals surface area contributed by atoms with E-state index in [1.165, 1.54) is 5.39 Å². The van der Waals surface area contributed by atoms with E-state index in [-0.39, 0.29) is 0 Å². The molecule has 0 fully saturated rings. The largest absolute Gasteiger partial charge is 0.336 e. The molecule has 0 saturated carbocycles. The molecule has 2 heteroatoms. The van der Waals surface area contributed by atoms with E-state index >= 15 is 0 Å². The number of rotatable bonds is 0. The molecule has 0 spiro atoms. The Bertz CT molecular complexity index is 386. The van der Waals surface area contributed by atoms with Gasteiger partial charge in [-0.2, -0.15) is 0 Å². The van der Waals surface area contributed by atoms with Gasteiger partial charge in [-0.15, -0.1) is 0 Å². The molecule has 0 aliphatic rings. The van der Waals surface area contributed by atoms with E-state index in [4.69, 9.17) is 0 Å². The molecule has 16 heavy (non-hydrogen) atoms. The Labute approximate surface area is 99.3 Å². The highest BCUT2D eigenvalue weighted by Crippen LogP contribution is 2.09. The van der Waals surface area contributed by atoms with Gasteiger partial charge in [0.25, 0.3) is 0 Å². The van der Waals surface area contributed by atoms with Crippen molar-refractivity contribution in [3.63, 3.8) is 0 Å². The van der Waals surface area contributed by atoms with Crippen LogP contribution in [0.1, 0.15) is 34.6 Å². The first-order chi connectivity index (χ1) is 7.61. The Morgan fingerprint density at radius 3 is 2.19 bits per heavy atom. The number of hydrogen-bond donors (Lipinski definition) is 0. The van der Waals surface area contributed by atoms with Gasteiger partial charge in [0.1, 0.15) is 5.65 Å². The van der Waals surface area contributed by atoms with Crippen molar-refractivity contribution in [3.05, 3.63) is 30.6 Å². The van der Waals surface area contributed by atoms with Crippen molar-refractivity contribution in [2.45, 2.75) is 34.6 Å². The summed E-state index contributed by atoms with van der Waals surface area (Å²) in [5, 5.41) is 1.20. The molecule has 0 amide bonds. The van der Waals surface area contributed by atoms with Crippen LogP contribution in [0, 0.1) is 5.92 Å². The second kappa shape index (κ2) is 7.91. The normalized spacial score (nSPS) is 9.19.